The first-order valence-electron chi connectivity index (χ1n) is 8.62. The van der Waals surface area contributed by atoms with Gasteiger partial charge in [0.1, 0.15) is 22.2 Å². The van der Waals surface area contributed by atoms with Gasteiger partial charge in [0.05, 0.1) is 0 Å². The van der Waals surface area contributed by atoms with Crippen LogP contribution in [0.4, 0.5) is 0 Å². The van der Waals surface area contributed by atoms with Gasteiger partial charge in [-0.2, -0.15) is 0 Å². The van der Waals surface area contributed by atoms with Gasteiger partial charge in [0.2, 0.25) is 0 Å². The van der Waals surface area contributed by atoms with Crippen LogP contribution in [-0.2, 0) is 6.42 Å². The highest BCUT2D eigenvalue weighted by molar-refractivity contribution is 5.90. The molecule has 0 saturated heterocycles. The number of nitrogens with zero attached hydrogens (tertiary/aromatic N) is 1. The van der Waals surface area contributed by atoms with Gasteiger partial charge in [-0.05, 0) is 28.5 Å². The maximum atomic E-state index is 12.5. The second-order valence-corrected chi connectivity index (χ2v) is 6.11. The highest BCUT2D eigenvalue weighted by Crippen LogP contribution is 2.18. The number of aromatic nitrogens is 3. The molecular weight excluding hydrogens is 342 g/mol. The smallest absolute Gasteiger partial charge is 0.272 e. The fraction of sp³-hybridized carbons (Fsp3) is 0.0952. The summed E-state index contributed by atoms with van der Waals surface area (Å²) >= 11 is 0. The first kappa shape index (κ1) is 16.8. The first-order valence-corrected chi connectivity index (χ1v) is 8.62. The van der Waals surface area contributed by atoms with Gasteiger partial charge in [-0.15, -0.1) is 0 Å². The number of hydrogen-bond acceptors (Lipinski definition) is 4. The molecule has 6 nitrogen and oxygen atoms in total. The molecule has 4 aromatic rings. The molecule has 0 amide bonds. The van der Waals surface area contributed by atoms with Gasteiger partial charge in [-0.25, -0.2) is 4.98 Å². The van der Waals surface area contributed by atoms with Crippen molar-refractivity contribution in [1.29, 1.82) is 0 Å². The number of H-pyrrole nitrogens is 2. The van der Waals surface area contributed by atoms with Crippen LogP contribution < -0.4 is 21.8 Å². The van der Waals surface area contributed by atoms with Crippen molar-refractivity contribution in [3.63, 3.8) is 0 Å². The van der Waals surface area contributed by atoms with E-state index in [0.717, 1.165) is 16.3 Å². The van der Waals surface area contributed by atoms with Gasteiger partial charge in [0.15, 0.2) is 6.39 Å². The Balaban J connectivity index is 1.89. The van der Waals surface area contributed by atoms with Crippen molar-refractivity contribution < 1.29 is 4.42 Å². The maximum absolute atomic E-state index is 12.5. The molecule has 134 valence electrons. The van der Waals surface area contributed by atoms with Crippen LogP contribution in [0.15, 0.2) is 62.9 Å². The van der Waals surface area contributed by atoms with Crippen molar-refractivity contribution >= 4 is 22.9 Å². The van der Waals surface area contributed by atoms with Crippen LogP contribution >= 0.6 is 0 Å². The van der Waals surface area contributed by atoms with E-state index in [1.165, 1.54) is 12.5 Å². The van der Waals surface area contributed by atoms with E-state index in [-0.39, 0.29) is 16.3 Å². The molecule has 2 heterocycles. The van der Waals surface area contributed by atoms with E-state index in [1.54, 1.807) is 6.08 Å². The van der Waals surface area contributed by atoms with Crippen LogP contribution in [0.2, 0.25) is 0 Å². The van der Waals surface area contributed by atoms with E-state index >= 15 is 0 Å². The van der Waals surface area contributed by atoms with E-state index in [9.17, 15) is 9.59 Å². The Labute approximate surface area is 153 Å². The molecule has 0 aliphatic rings. The van der Waals surface area contributed by atoms with E-state index in [1.807, 2.05) is 49.4 Å². The Bertz CT molecular complexity index is 1350. The van der Waals surface area contributed by atoms with Gasteiger partial charge >= 0.3 is 0 Å². The minimum atomic E-state index is -0.397. The fourth-order valence-electron chi connectivity index (χ4n) is 3.03. The fourth-order valence-corrected chi connectivity index (χ4v) is 3.03. The number of aryl methyl sites for hydroxylation is 1. The molecule has 27 heavy (non-hydrogen) atoms. The lowest BCUT2D eigenvalue weighted by Gasteiger charge is -2.01. The quantitative estimate of drug-likeness (QED) is 0.579. The number of benzene rings is 2. The van der Waals surface area contributed by atoms with Gasteiger partial charge < -0.3 is 14.4 Å². The molecule has 0 unspecified atom stereocenters. The van der Waals surface area contributed by atoms with Crippen molar-refractivity contribution in [2.45, 2.75) is 13.3 Å². The molecule has 0 radical (unpaired) electrons. The second kappa shape index (κ2) is 6.92. The summed E-state index contributed by atoms with van der Waals surface area (Å²) in [7, 11) is 0. The van der Waals surface area contributed by atoms with Crippen molar-refractivity contribution in [2.75, 3.05) is 0 Å². The van der Waals surface area contributed by atoms with E-state index in [2.05, 4.69) is 15.0 Å². The summed E-state index contributed by atoms with van der Waals surface area (Å²) in [6, 6.07) is 13.7. The lowest BCUT2D eigenvalue weighted by Crippen LogP contribution is -2.46. The van der Waals surface area contributed by atoms with Crippen LogP contribution in [0.5, 0.6) is 0 Å². The number of nitrogens with one attached hydrogen (secondary N) is 2. The third-order valence-electron chi connectivity index (χ3n) is 4.38. The average Bonchev–Trinajstić information content (AvgIpc) is 3.13. The maximum Gasteiger partial charge on any atom is 0.272 e. The summed E-state index contributed by atoms with van der Waals surface area (Å²) in [5, 5.41) is 2.40. The number of oxazole rings is 1. The van der Waals surface area contributed by atoms with Gasteiger partial charge in [0, 0.05) is 6.42 Å². The molecule has 0 saturated carbocycles. The predicted molar refractivity (Wildman–Crippen MR) is 104 cm³/mol. The molecule has 2 aromatic carbocycles. The summed E-state index contributed by atoms with van der Waals surface area (Å²) in [6.07, 6.45) is 5.16. The minimum Gasteiger partial charge on any atom is -0.448 e. The van der Waals surface area contributed by atoms with Crippen molar-refractivity contribution in [2.24, 2.45) is 0 Å². The largest absolute Gasteiger partial charge is 0.448 e. The highest BCUT2D eigenvalue weighted by Gasteiger charge is 2.04. The van der Waals surface area contributed by atoms with Crippen LogP contribution in [0.1, 0.15) is 23.9 Å². The number of fused-ring (bicyclic) bond motifs is 1. The minimum absolute atomic E-state index is 0.138. The third-order valence-corrected chi connectivity index (χ3v) is 4.38. The number of rotatable bonds is 3. The molecule has 0 atom stereocenters. The molecule has 0 bridgehead atoms. The molecule has 0 fully saturated rings. The lowest BCUT2D eigenvalue weighted by atomic mass is 10.0. The zero-order chi connectivity index (χ0) is 18.8. The monoisotopic (exact) mass is 359 g/mol. The predicted octanol–water partition coefficient (Wildman–Crippen LogP) is 1.42. The van der Waals surface area contributed by atoms with Crippen molar-refractivity contribution in [3.05, 3.63) is 97.3 Å². The van der Waals surface area contributed by atoms with E-state index in [0.29, 0.717) is 17.9 Å². The molecule has 2 N–H and O–H groups in total. The second-order valence-electron chi connectivity index (χ2n) is 6.11. The summed E-state index contributed by atoms with van der Waals surface area (Å²) in [5.41, 5.74) is 0.613. The lowest BCUT2D eigenvalue weighted by molar-refractivity contribution is 0.509. The molecule has 0 aliphatic heterocycles. The zero-order valence-electron chi connectivity index (χ0n) is 14.7. The Morgan fingerprint density at radius 3 is 2.44 bits per heavy atom. The molecular formula is C21H17N3O3. The zero-order valence-corrected chi connectivity index (χ0v) is 14.7. The van der Waals surface area contributed by atoms with Crippen LogP contribution in [0, 0.1) is 0 Å². The summed E-state index contributed by atoms with van der Waals surface area (Å²) in [4.78, 5) is 34.3. The van der Waals surface area contributed by atoms with Gasteiger partial charge in [-0.1, -0.05) is 49.4 Å². The molecule has 2 aromatic heterocycles. The topological polar surface area (TPSA) is 91.8 Å². The standard InChI is InChI=1S/C21H17N3O3/c1-2-19-16(22-12-27-19)11-18-21(26)23-17(20(25)24-18)10-14-8-5-7-13-6-3-4-9-15(13)14/h3-12H,2H2,1H3,(H,23,26)(H,24,25)/b17-10-,18-11-. The van der Waals surface area contributed by atoms with Gasteiger partial charge in [-0.3, -0.25) is 9.59 Å². The van der Waals surface area contributed by atoms with Crippen molar-refractivity contribution in [1.82, 2.24) is 15.0 Å². The molecule has 6 heteroatoms. The summed E-state index contributed by atoms with van der Waals surface area (Å²) in [6.45, 7) is 1.92. The average molecular weight is 359 g/mol. The normalized spacial score (nSPS) is 12.8. The van der Waals surface area contributed by atoms with Crippen molar-refractivity contribution in [3.8, 4) is 0 Å². The third kappa shape index (κ3) is 3.25. The Hall–Kier alpha value is -3.67. The van der Waals surface area contributed by atoms with E-state index < -0.39 is 5.56 Å². The van der Waals surface area contributed by atoms with Crippen LogP contribution in [-0.4, -0.2) is 15.0 Å². The molecule has 0 spiro atoms. The summed E-state index contributed by atoms with van der Waals surface area (Å²) < 4.78 is 5.25. The Kier molecular flexibility index (Phi) is 4.30. The van der Waals surface area contributed by atoms with Gasteiger partial charge in [0.25, 0.3) is 11.1 Å². The SMILES string of the molecule is CCc1ocnc1/C=c1\[nH]c(=O)/c(=C/c2cccc3ccccc23)[nH]c1=O. The summed E-state index contributed by atoms with van der Waals surface area (Å²) in [5.74, 6) is 0.654. The van der Waals surface area contributed by atoms with Crippen LogP contribution in [0.3, 0.4) is 0 Å². The Morgan fingerprint density at radius 1 is 0.963 bits per heavy atom. The highest BCUT2D eigenvalue weighted by atomic mass is 16.3. The number of aromatic amines is 2. The number of hydrogen-bond donors (Lipinski definition) is 2. The van der Waals surface area contributed by atoms with E-state index in [4.69, 9.17) is 4.42 Å². The Morgan fingerprint density at radius 2 is 1.67 bits per heavy atom. The molecule has 0 aliphatic carbocycles. The molecule has 4 rings (SSSR count). The van der Waals surface area contributed by atoms with Crippen LogP contribution in [0.25, 0.3) is 22.9 Å². The first-order chi connectivity index (χ1) is 13.2.